The number of aliphatic hydroxyl groups excluding tert-OH is 1. The van der Waals surface area contributed by atoms with Crippen molar-refractivity contribution in [3.8, 4) is 0 Å². The smallest absolute Gasteiger partial charge is 0.407 e. The van der Waals surface area contributed by atoms with Gasteiger partial charge >= 0.3 is 6.09 Å². The molecule has 2 aliphatic carbocycles. The summed E-state index contributed by atoms with van der Waals surface area (Å²) >= 11 is 0. The van der Waals surface area contributed by atoms with E-state index < -0.39 is 23.8 Å². The molecule has 156 valence electrons. The second kappa shape index (κ2) is 8.08. The fourth-order valence-electron chi connectivity index (χ4n) is 3.56. The number of rotatable bonds is 6. The van der Waals surface area contributed by atoms with Crippen molar-refractivity contribution in [1.82, 2.24) is 15.8 Å². The molecule has 2 amide bonds. The molecule has 0 saturated heterocycles. The molecule has 1 unspecified atom stereocenters. The lowest BCUT2D eigenvalue weighted by Gasteiger charge is -2.31. The molecule has 9 heteroatoms. The third-order valence-electron chi connectivity index (χ3n) is 5.04. The van der Waals surface area contributed by atoms with E-state index in [4.69, 9.17) is 15.0 Å². The molecule has 1 atom stereocenters. The number of carbonyl (C=O) groups excluding carboxylic acids is 2. The summed E-state index contributed by atoms with van der Waals surface area (Å²) in [4.78, 5) is 23.7. The Balaban J connectivity index is 1.51. The predicted octanol–water partition coefficient (Wildman–Crippen LogP) is 2.07. The number of amides is 2. The number of carbonyl (C=O) groups is 2. The average Bonchev–Trinajstić information content (AvgIpc) is 3.32. The molecule has 1 aromatic heterocycles. The maximum Gasteiger partial charge on any atom is 0.407 e. The first-order valence-corrected chi connectivity index (χ1v) is 9.87. The van der Waals surface area contributed by atoms with Crippen LogP contribution in [0.25, 0.3) is 0 Å². The van der Waals surface area contributed by atoms with Crippen molar-refractivity contribution < 1.29 is 24.0 Å². The van der Waals surface area contributed by atoms with Gasteiger partial charge in [-0.3, -0.25) is 10.1 Å². The van der Waals surface area contributed by atoms with Gasteiger partial charge in [0.05, 0.1) is 0 Å². The molecule has 2 fully saturated rings. The van der Waals surface area contributed by atoms with Gasteiger partial charge in [-0.2, -0.15) is 0 Å². The first-order chi connectivity index (χ1) is 13.1. The third kappa shape index (κ3) is 5.23. The number of nitrogens with one attached hydrogen (secondary N) is 2. The first kappa shape index (κ1) is 20.6. The SMILES string of the molecule is CC(C)(C)OC(=O)NC1CCC(NC(O)c2noc(C3CC3)c2C(N)=O)CC1. The highest BCUT2D eigenvalue weighted by molar-refractivity contribution is 5.95. The van der Waals surface area contributed by atoms with Crippen LogP contribution in [0.1, 0.15) is 93.3 Å². The largest absolute Gasteiger partial charge is 0.444 e. The summed E-state index contributed by atoms with van der Waals surface area (Å²) in [7, 11) is 0. The molecule has 0 radical (unpaired) electrons. The Morgan fingerprint density at radius 2 is 1.79 bits per heavy atom. The number of hydrogen-bond donors (Lipinski definition) is 4. The van der Waals surface area contributed by atoms with Gasteiger partial charge in [-0.05, 0) is 59.3 Å². The van der Waals surface area contributed by atoms with Gasteiger partial charge in [0, 0.05) is 18.0 Å². The highest BCUT2D eigenvalue weighted by atomic mass is 16.6. The second-order valence-electron chi connectivity index (χ2n) is 8.71. The van der Waals surface area contributed by atoms with E-state index in [0.717, 1.165) is 38.5 Å². The van der Waals surface area contributed by atoms with Crippen LogP contribution in [0.3, 0.4) is 0 Å². The molecule has 1 aromatic rings. The van der Waals surface area contributed by atoms with E-state index in [1.165, 1.54) is 0 Å². The van der Waals surface area contributed by atoms with Crippen molar-refractivity contribution in [3.05, 3.63) is 17.0 Å². The molecule has 5 N–H and O–H groups in total. The van der Waals surface area contributed by atoms with Gasteiger partial charge in [0.25, 0.3) is 5.91 Å². The molecule has 0 bridgehead atoms. The van der Waals surface area contributed by atoms with Crippen molar-refractivity contribution in [2.75, 3.05) is 0 Å². The number of primary amides is 1. The summed E-state index contributed by atoms with van der Waals surface area (Å²) in [6.07, 6.45) is 3.38. The zero-order chi connectivity index (χ0) is 20.5. The summed E-state index contributed by atoms with van der Waals surface area (Å²) in [5.41, 5.74) is 5.30. The fraction of sp³-hybridized carbons (Fsp3) is 0.737. The third-order valence-corrected chi connectivity index (χ3v) is 5.04. The van der Waals surface area contributed by atoms with Crippen LogP contribution in [0, 0.1) is 0 Å². The highest BCUT2D eigenvalue weighted by Crippen LogP contribution is 2.43. The number of aliphatic hydroxyl groups is 1. The normalized spacial score (nSPS) is 23.9. The monoisotopic (exact) mass is 394 g/mol. The first-order valence-electron chi connectivity index (χ1n) is 9.87. The lowest BCUT2D eigenvalue weighted by atomic mass is 9.91. The summed E-state index contributed by atoms with van der Waals surface area (Å²) in [5.74, 6) is 0.0169. The summed E-state index contributed by atoms with van der Waals surface area (Å²) in [6, 6.07) is 0.0771. The number of nitrogens with zero attached hydrogens (tertiary/aromatic N) is 1. The van der Waals surface area contributed by atoms with E-state index in [-0.39, 0.29) is 29.3 Å². The standard InChI is InChI=1S/C19H30N4O5/c1-19(2,3)27-18(26)22-12-8-6-11(7-9-12)21-17(25)14-13(16(20)24)15(28-23-14)10-4-5-10/h10-12,17,21,25H,4-9H2,1-3H3,(H2,20,24)(H,22,26). The lowest BCUT2D eigenvalue weighted by Crippen LogP contribution is -2.44. The maximum absolute atomic E-state index is 11.9. The predicted molar refractivity (Wildman–Crippen MR) is 101 cm³/mol. The fourth-order valence-corrected chi connectivity index (χ4v) is 3.56. The number of alkyl carbamates (subject to hydrolysis) is 1. The summed E-state index contributed by atoms with van der Waals surface area (Å²) in [6.45, 7) is 5.48. The Hall–Kier alpha value is -2.13. The molecule has 0 aliphatic heterocycles. The minimum absolute atomic E-state index is 0.0356. The van der Waals surface area contributed by atoms with Crippen molar-refractivity contribution in [1.29, 1.82) is 0 Å². The Kier molecular flexibility index (Phi) is 5.95. The Labute approximate surface area is 164 Å². The number of aromatic nitrogens is 1. The van der Waals surface area contributed by atoms with Gasteiger partial charge in [-0.1, -0.05) is 5.16 Å². The molecular formula is C19H30N4O5. The van der Waals surface area contributed by atoms with Gasteiger partial charge < -0.3 is 25.4 Å². The molecule has 0 aromatic carbocycles. The Morgan fingerprint density at radius 1 is 1.18 bits per heavy atom. The molecular weight excluding hydrogens is 364 g/mol. The molecule has 2 aliphatic rings. The van der Waals surface area contributed by atoms with Crippen molar-refractivity contribution in [2.24, 2.45) is 5.73 Å². The van der Waals surface area contributed by atoms with E-state index >= 15 is 0 Å². The van der Waals surface area contributed by atoms with E-state index in [1.54, 1.807) is 0 Å². The minimum Gasteiger partial charge on any atom is -0.444 e. The number of hydrogen-bond acceptors (Lipinski definition) is 7. The van der Waals surface area contributed by atoms with Crippen molar-refractivity contribution >= 4 is 12.0 Å². The maximum atomic E-state index is 11.9. The number of nitrogens with two attached hydrogens (primary N) is 1. The van der Waals surface area contributed by atoms with Crippen LogP contribution in [-0.4, -0.2) is 39.9 Å². The Bertz CT molecular complexity index is 714. The summed E-state index contributed by atoms with van der Waals surface area (Å²) in [5, 5.41) is 20.4. The molecule has 28 heavy (non-hydrogen) atoms. The van der Waals surface area contributed by atoms with Crippen molar-refractivity contribution in [3.63, 3.8) is 0 Å². The zero-order valence-electron chi connectivity index (χ0n) is 16.7. The lowest BCUT2D eigenvalue weighted by molar-refractivity contribution is 0.0480. The van der Waals surface area contributed by atoms with Crippen LogP contribution in [-0.2, 0) is 4.74 Å². The van der Waals surface area contributed by atoms with Gasteiger partial charge in [0.1, 0.15) is 16.9 Å². The molecule has 1 heterocycles. The van der Waals surface area contributed by atoms with Crippen molar-refractivity contribution in [2.45, 2.75) is 89.1 Å². The number of ether oxygens (including phenoxy) is 1. The van der Waals surface area contributed by atoms with Crippen LogP contribution >= 0.6 is 0 Å². The van der Waals surface area contributed by atoms with E-state index in [9.17, 15) is 14.7 Å². The van der Waals surface area contributed by atoms with Crippen LogP contribution in [0.5, 0.6) is 0 Å². The average molecular weight is 394 g/mol. The molecule has 9 nitrogen and oxygen atoms in total. The quantitative estimate of drug-likeness (QED) is 0.541. The molecule has 3 rings (SSSR count). The van der Waals surface area contributed by atoms with Crippen LogP contribution in [0.2, 0.25) is 0 Å². The minimum atomic E-state index is -1.13. The van der Waals surface area contributed by atoms with Gasteiger partial charge in [-0.15, -0.1) is 0 Å². The van der Waals surface area contributed by atoms with Gasteiger partial charge in [-0.25, -0.2) is 4.79 Å². The van der Waals surface area contributed by atoms with E-state index in [1.807, 2.05) is 20.8 Å². The zero-order valence-corrected chi connectivity index (χ0v) is 16.7. The highest BCUT2D eigenvalue weighted by Gasteiger charge is 2.36. The van der Waals surface area contributed by atoms with Crippen LogP contribution < -0.4 is 16.4 Å². The van der Waals surface area contributed by atoms with E-state index in [0.29, 0.717) is 5.76 Å². The van der Waals surface area contributed by atoms with Crippen LogP contribution in [0.15, 0.2) is 4.52 Å². The second-order valence-corrected chi connectivity index (χ2v) is 8.71. The Morgan fingerprint density at radius 3 is 2.32 bits per heavy atom. The molecule has 0 spiro atoms. The molecule has 2 saturated carbocycles. The van der Waals surface area contributed by atoms with Gasteiger partial charge in [0.2, 0.25) is 0 Å². The topological polar surface area (TPSA) is 140 Å². The summed E-state index contributed by atoms with van der Waals surface area (Å²) < 4.78 is 10.6. The van der Waals surface area contributed by atoms with Crippen LogP contribution in [0.4, 0.5) is 4.79 Å². The van der Waals surface area contributed by atoms with Gasteiger partial charge in [0.15, 0.2) is 12.0 Å². The van der Waals surface area contributed by atoms with E-state index in [2.05, 4.69) is 15.8 Å².